The van der Waals surface area contributed by atoms with Crippen molar-refractivity contribution in [1.82, 2.24) is 10.2 Å². The van der Waals surface area contributed by atoms with Gasteiger partial charge in [-0.15, -0.1) is 0 Å². The van der Waals surface area contributed by atoms with Crippen LogP contribution in [0, 0.1) is 0 Å². The Balaban J connectivity index is 2.31. The molecule has 1 aliphatic rings. The quantitative estimate of drug-likeness (QED) is 0.563. The van der Waals surface area contributed by atoms with E-state index in [-0.39, 0.29) is 12.3 Å². The topological polar surface area (TPSA) is 41.6 Å². The molecule has 0 aromatic carbocycles. The Morgan fingerprint density at radius 3 is 2.70 bits per heavy atom. The summed E-state index contributed by atoms with van der Waals surface area (Å²) in [5.74, 6) is 0. The number of nitrogens with one attached hydrogen (secondary N) is 1. The Hall–Kier alpha value is -0.770. The summed E-state index contributed by atoms with van der Waals surface area (Å²) >= 11 is 0. The van der Waals surface area contributed by atoms with E-state index in [1.54, 1.807) is 11.9 Å². The molecule has 58 valence electrons. The van der Waals surface area contributed by atoms with Crippen LogP contribution in [0.15, 0.2) is 0 Å². The van der Waals surface area contributed by atoms with Gasteiger partial charge >= 0.3 is 6.09 Å². The average molecular weight is 144 g/mol. The van der Waals surface area contributed by atoms with E-state index in [0.717, 1.165) is 13.0 Å². The highest BCUT2D eigenvalue weighted by Gasteiger charge is 2.24. The van der Waals surface area contributed by atoms with Crippen LogP contribution in [0.5, 0.6) is 0 Å². The van der Waals surface area contributed by atoms with E-state index in [1.165, 1.54) is 7.11 Å². The number of nitrogens with zero attached hydrogens (tertiary/aromatic N) is 1. The molecular weight excluding hydrogens is 132 g/mol. The number of amides is 1. The van der Waals surface area contributed by atoms with Crippen LogP contribution >= 0.6 is 0 Å². The normalized spacial score (nSPS) is 23.2. The van der Waals surface area contributed by atoms with Gasteiger partial charge in [-0.25, -0.2) is 4.79 Å². The molecule has 1 atom stereocenters. The van der Waals surface area contributed by atoms with Crippen molar-refractivity contribution >= 4 is 6.09 Å². The molecule has 4 nitrogen and oxygen atoms in total. The summed E-state index contributed by atoms with van der Waals surface area (Å²) in [4.78, 5) is 12.4. The van der Waals surface area contributed by atoms with Gasteiger partial charge in [-0.2, -0.15) is 0 Å². The molecule has 1 saturated heterocycles. The molecule has 0 radical (unpaired) electrons. The van der Waals surface area contributed by atoms with E-state index in [2.05, 4.69) is 10.1 Å². The minimum absolute atomic E-state index is 0.187. The van der Waals surface area contributed by atoms with Gasteiger partial charge in [0.1, 0.15) is 0 Å². The van der Waals surface area contributed by atoms with Gasteiger partial charge in [0.05, 0.1) is 13.3 Å². The maximum Gasteiger partial charge on any atom is 0.410 e. The zero-order valence-electron chi connectivity index (χ0n) is 6.26. The summed E-state index contributed by atoms with van der Waals surface area (Å²) < 4.78 is 4.52. The Bertz CT molecular complexity index is 134. The molecule has 1 fully saturated rings. The number of methoxy groups -OCH3 is 1. The van der Waals surface area contributed by atoms with Crippen LogP contribution in [-0.4, -0.2) is 37.9 Å². The zero-order valence-corrected chi connectivity index (χ0v) is 6.26. The highest BCUT2D eigenvalue weighted by atomic mass is 16.5. The van der Waals surface area contributed by atoms with Crippen molar-refractivity contribution in [2.24, 2.45) is 0 Å². The van der Waals surface area contributed by atoms with Crippen LogP contribution in [-0.2, 0) is 4.74 Å². The van der Waals surface area contributed by atoms with Gasteiger partial charge < -0.3 is 4.74 Å². The average Bonchev–Trinajstić information content (AvgIpc) is 1.82. The number of hydrogen-bond donors (Lipinski definition) is 1. The Morgan fingerprint density at radius 2 is 2.40 bits per heavy atom. The third-order valence-corrected chi connectivity index (χ3v) is 1.73. The molecule has 0 aromatic heterocycles. The van der Waals surface area contributed by atoms with E-state index < -0.39 is 0 Å². The molecule has 1 unspecified atom stereocenters. The van der Waals surface area contributed by atoms with E-state index >= 15 is 0 Å². The SMILES string of the molecule is COC(=O)N(C)C1CCN1. The summed E-state index contributed by atoms with van der Waals surface area (Å²) in [6.07, 6.45) is 0.927. The molecule has 0 spiro atoms. The molecule has 1 aliphatic heterocycles. The second-order valence-electron chi connectivity index (χ2n) is 2.34. The number of hydrogen-bond acceptors (Lipinski definition) is 3. The van der Waals surface area contributed by atoms with Crippen molar-refractivity contribution in [2.45, 2.75) is 12.6 Å². The number of carbonyl (C=O) groups excluding carboxylic acids is 1. The van der Waals surface area contributed by atoms with Crippen LogP contribution in [0.3, 0.4) is 0 Å². The lowest BCUT2D eigenvalue weighted by Gasteiger charge is -2.34. The van der Waals surface area contributed by atoms with Crippen LogP contribution in [0.2, 0.25) is 0 Å². The third-order valence-electron chi connectivity index (χ3n) is 1.73. The smallest absolute Gasteiger partial charge is 0.410 e. The Kier molecular flexibility index (Phi) is 2.11. The van der Waals surface area contributed by atoms with E-state index in [9.17, 15) is 4.79 Å². The minimum atomic E-state index is -0.280. The molecule has 1 heterocycles. The lowest BCUT2D eigenvalue weighted by Crippen LogP contribution is -2.55. The van der Waals surface area contributed by atoms with Crippen molar-refractivity contribution in [3.63, 3.8) is 0 Å². The maximum absolute atomic E-state index is 10.8. The maximum atomic E-state index is 10.8. The summed E-state index contributed by atoms with van der Waals surface area (Å²) in [5, 5.41) is 3.09. The highest BCUT2D eigenvalue weighted by Crippen LogP contribution is 2.06. The predicted octanol–water partition coefficient (Wildman–Crippen LogP) is 0.00400. The van der Waals surface area contributed by atoms with Crippen LogP contribution in [0.25, 0.3) is 0 Å². The first-order valence-electron chi connectivity index (χ1n) is 3.30. The second-order valence-corrected chi connectivity index (χ2v) is 2.34. The second kappa shape index (κ2) is 2.88. The van der Waals surface area contributed by atoms with Gasteiger partial charge in [0, 0.05) is 13.6 Å². The van der Waals surface area contributed by atoms with Crippen molar-refractivity contribution in [2.75, 3.05) is 20.7 Å². The van der Waals surface area contributed by atoms with Crippen LogP contribution in [0.1, 0.15) is 6.42 Å². The first-order chi connectivity index (χ1) is 4.75. The van der Waals surface area contributed by atoms with Crippen molar-refractivity contribution in [1.29, 1.82) is 0 Å². The zero-order chi connectivity index (χ0) is 7.56. The summed E-state index contributed by atoms with van der Waals surface area (Å²) in [7, 11) is 3.11. The number of rotatable bonds is 1. The van der Waals surface area contributed by atoms with Crippen LogP contribution in [0.4, 0.5) is 4.79 Å². The van der Waals surface area contributed by atoms with Crippen molar-refractivity contribution in [3.05, 3.63) is 0 Å². The fraction of sp³-hybridized carbons (Fsp3) is 0.833. The molecule has 1 amide bonds. The highest BCUT2D eigenvalue weighted by molar-refractivity contribution is 5.67. The standard InChI is InChI=1S/C6H12N2O2/c1-8(6(9)10-2)5-3-4-7-5/h5,7H,3-4H2,1-2H3. The van der Waals surface area contributed by atoms with Gasteiger partial charge in [-0.05, 0) is 6.42 Å². The molecule has 0 saturated carbocycles. The molecule has 1 N–H and O–H groups in total. The lowest BCUT2D eigenvalue weighted by atomic mass is 10.2. The molecule has 0 aliphatic carbocycles. The molecule has 10 heavy (non-hydrogen) atoms. The third kappa shape index (κ3) is 1.21. The Labute approximate surface area is 60.1 Å². The van der Waals surface area contributed by atoms with E-state index in [0.29, 0.717) is 0 Å². The van der Waals surface area contributed by atoms with Gasteiger partial charge in [0.2, 0.25) is 0 Å². The molecular formula is C6H12N2O2. The van der Waals surface area contributed by atoms with Gasteiger partial charge in [0.25, 0.3) is 0 Å². The number of carbonyl (C=O) groups is 1. The molecule has 0 aromatic rings. The van der Waals surface area contributed by atoms with E-state index in [1.807, 2.05) is 0 Å². The first kappa shape index (κ1) is 7.34. The largest absolute Gasteiger partial charge is 0.453 e. The number of ether oxygens (including phenoxy) is 1. The molecule has 1 rings (SSSR count). The van der Waals surface area contributed by atoms with Gasteiger partial charge in [-0.3, -0.25) is 10.2 Å². The molecule has 0 bridgehead atoms. The van der Waals surface area contributed by atoms with Crippen molar-refractivity contribution < 1.29 is 9.53 Å². The molecule has 4 heteroatoms. The minimum Gasteiger partial charge on any atom is -0.453 e. The van der Waals surface area contributed by atoms with Gasteiger partial charge in [-0.1, -0.05) is 0 Å². The fourth-order valence-corrected chi connectivity index (χ4v) is 0.875. The summed E-state index contributed by atoms with van der Waals surface area (Å²) in [5.41, 5.74) is 0. The van der Waals surface area contributed by atoms with Crippen LogP contribution < -0.4 is 5.32 Å². The Morgan fingerprint density at radius 1 is 1.80 bits per heavy atom. The lowest BCUT2D eigenvalue weighted by molar-refractivity contribution is 0.0891. The van der Waals surface area contributed by atoms with E-state index in [4.69, 9.17) is 0 Å². The van der Waals surface area contributed by atoms with Gasteiger partial charge in [0.15, 0.2) is 0 Å². The summed E-state index contributed by atoms with van der Waals surface area (Å²) in [6.45, 7) is 0.992. The monoisotopic (exact) mass is 144 g/mol. The summed E-state index contributed by atoms with van der Waals surface area (Å²) in [6, 6.07) is 0. The van der Waals surface area contributed by atoms with Crippen molar-refractivity contribution in [3.8, 4) is 0 Å². The first-order valence-corrected chi connectivity index (χ1v) is 3.30. The fourth-order valence-electron chi connectivity index (χ4n) is 0.875. The predicted molar refractivity (Wildman–Crippen MR) is 36.6 cm³/mol.